The highest BCUT2D eigenvalue weighted by molar-refractivity contribution is 9.10. The first-order chi connectivity index (χ1) is 10.1. The lowest BCUT2D eigenvalue weighted by Gasteiger charge is -2.07. The second-order valence-electron chi connectivity index (χ2n) is 4.35. The molecule has 2 aromatic heterocycles. The van der Waals surface area contributed by atoms with E-state index >= 15 is 0 Å². The van der Waals surface area contributed by atoms with Gasteiger partial charge in [-0.2, -0.15) is 4.98 Å². The molecule has 0 saturated carbocycles. The van der Waals surface area contributed by atoms with Gasteiger partial charge in [0.15, 0.2) is 0 Å². The third-order valence-corrected chi connectivity index (χ3v) is 4.66. The summed E-state index contributed by atoms with van der Waals surface area (Å²) in [5, 5.41) is 0.812. The normalized spacial score (nSPS) is 11.0. The van der Waals surface area contributed by atoms with Crippen LogP contribution in [0.25, 0.3) is 10.2 Å². The number of thiophene rings is 1. The van der Waals surface area contributed by atoms with Gasteiger partial charge < -0.3 is 10.5 Å². The zero-order valence-corrected chi connectivity index (χ0v) is 13.5. The second-order valence-corrected chi connectivity index (χ2v) is 6.32. The predicted molar refractivity (Wildman–Crippen MR) is 85.4 cm³/mol. The summed E-state index contributed by atoms with van der Waals surface area (Å²) in [5.41, 5.74) is 5.72. The molecule has 0 spiro atoms. The molecule has 0 fully saturated rings. The molecule has 2 N–H and O–H groups in total. The number of nitrogens with two attached hydrogens (primary N) is 1. The molecule has 4 nitrogen and oxygen atoms in total. The topological polar surface area (TPSA) is 61.0 Å². The molecule has 0 amide bonds. The van der Waals surface area contributed by atoms with Crippen molar-refractivity contribution in [2.45, 2.75) is 13.3 Å². The molecule has 7 heteroatoms. The largest absolute Gasteiger partial charge is 0.438 e. The number of hydrogen-bond acceptors (Lipinski definition) is 5. The maximum Gasteiger partial charge on any atom is 0.232 e. The number of halogens is 2. The minimum absolute atomic E-state index is 0.156. The Bertz CT molecular complexity index is 821. The van der Waals surface area contributed by atoms with Gasteiger partial charge in [0.05, 0.1) is 9.86 Å². The second kappa shape index (κ2) is 5.57. The van der Waals surface area contributed by atoms with E-state index in [1.807, 2.05) is 6.07 Å². The van der Waals surface area contributed by atoms with Crippen molar-refractivity contribution in [3.63, 3.8) is 0 Å². The van der Waals surface area contributed by atoms with Gasteiger partial charge in [0.1, 0.15) is 16.4 Å². The Kier molecular flexibility index (Phi) is 3.77. The van der Waals surface area contributed by atoms with Crippen LogP contribution in [-0.2, 0) is 6.42 Å². The zero-order valence-electron chi connectivity index (χ0n) is 11.1. The standard InChI is InChI=1S/C14H11BrFN3OS/c1-2-8-6-9-12(18-14(17)19-13(9)21-8)20-7-3-4-11(16)10(15)5-7/h3-6H,2H2,1H3,(H2,17,18,19). The zero-order chi connectivity index (χ0) is 15.0. The fourth-order valence-corrected chi connectivity index (χ4v) is 3.19. The van der Waals surface area contributed by atoms with Crippen LogP contribution in [0.2, 0.25) is 0 Å². The van der Waals surface area contributed by atoms with E-state index in [4.69, 9.17) is 10.5 Å². The Morgan fingerprint density at radius 3 is 2.86 bits per heavy atom. The highest BCUT2D eigenvalue weighted by Crippen LogP contribution is 2.34. The monoisotopic (exact) mass is 367 g/mol. The quantitative estimate of drug-likeness (QED) is 0.738. The van der Waals surface area contributed by atoms with Crippen LogP contribution in [0.1, 0.15) is 11.8 Å². The van der Waals surface area contributed by atoms with Gasteiger partial charge in [0, 0.05) is 4.88 Å². The summed E-state index contributed by atoms with van der Waals surface area (Å²) in [6.07, 6.45) is 0.905. The molecule has 0 saturated heterocycles. The smallest absolute Gasteiger partial charge is 0.232 e. The minimum atomic E-state index is -0.349. The number of hydrogen-bond donors (Lipinski definition) is 1. The minimum Gasteiger partial charge on any atom is -0.438 e. The first-order valence-electron chi connectivity index (χ1n) is 6.25. The van der Waals surface area contributed by atoms with Gasteiger partial charge in [-0.1, -0.05) is 6.92 Å². The first kappa shape index (κ1) is 14.2. The lowest BCUT2D eigenvalue weighted by Crippen LogP contribution is -1.97. The molecule has 2 heterocycles. The van der Waals surface area contributed by atoms with Crippen molar-refractivity contribution in [3.05, 3.63) is 39.4 Å². The van der Waals surface area contributed by atoms with Crippen molar-refractivity contribution in [3.8, 4) is 11.6 Å². The molecule has 0 radical (unpaired) electrons. The summed E-state index contributed by atoms with van der Waals surface area (Å²) in [6, 6.07) is 6.41. The Hall–Kier alpha value is -1.73. The molecule has 0 aliphatic rings. The molecular formula is C14H11BrFN3OS. The van der Waals surface area contributed by atoms with Gasteiger partial charge in [0.25, 0.3) is 0 Å². The molecule has 3 aromatic rings. The number of aryl methyl sites for hydroxylation is 1. The van der Waals surface area contributed by atoms with E-state index in [9.17, 15) is 4.39 Å². The van der Waals surface area contributed by atoms with Gasteiger partial charge in [0.2, 0.25) is 11.8 Å². The molecular weight excluding hydrogens is 357 g/mol. The van der Waals surface area contributed by atoms with Gasteiger partial charge in [-0.25, -0.2) is 9.37 Å². The number of aromatic nitrogens is 2. The number of nitrogens with zero attached hydrogens (tertiary/aromatic N) is 2. The van der Waals surface area contributed by atoms with Crippen molar-refractivity contribution in [2.24, 2.45) is 0 Å². The third kappa shape index (κ3) is 2.84. The molecule has 3 rings (SSSR count). The highest BCUT2D eigenvalue weighted by atomic mass is 79.9. The van der Waals surface area contributed by atoms with Crippen LogP contribution in [0.3, 0.4) is 0 Å². The van der Waals surface area contributed by atoms with Crippen molar-refractivity contribution < 1.29 is 9.13 Å². The number of fused-ring (bicyclic) bond motifs is 1. The number of rotatable bonds is 3. The van der Waals surface area contributed by atoms with E-state index in [2.05, 4.69) is 32.8 Å². The van der Waals surface area contributed by atoms with Crippen LogP contribution in [0.15, 0.2) is 28.7 Å². The number of anilines is 1. The van der Waals surface area contributed by atoms with Crippen molar-refractivity contribution in [1.29, 1.82) is 0 Å². The first-order valence-corrected chi connectivity index (χ1v) is 7.86. The molecule has 1 aromatic carbocycles. The summed E-state index contributed by atoms with van der Waals surface area (Å²) < 4.78 is 19.3. The molecule has 0 aliphatic carbocycles. The van der Waals surface area contributed by atoms with Crippen LogP contribution >= 0.6 is 27.3 Å². The summed E-state index contributed by atoms with van der Waals surface area (Å²) in [7, 11) is 0. The average molecular weight is 368 g/mol. The number of nitrogen functional groups attached to an aromatic ring is 1. The van der Waals surface area contributed by atoms with Gasteiger partial charge in [-0.3, -0.25) is 0 Å². The van der Waals surface area contributed by atoms with E-state index in [-0.39, 0.29) is 11.8 Å². The lowest BCUT2D eigenvalue weighted by molar-refractivity contribution is 0.467. The lowest BCUT2D eigenvalue weighted by atomic mass is 10.3. The third-order valence-electron chi connectivity index (χ3n) is 2.88. The number of benzene rings is 1. The summed E-state index contributed by atoms with van der Waals surface area (Å²) in [5.74, 6) is 0.667. The number of ether oxygens (including phenoxy) is 1. The Labute approximate surface area is 132 Å². The molecule has 0 unspecified atom stereocenters. The van der Waals surface area contributed by atoms with Gasteiger partial charge in [-0.15, -0.1) is 11.3 Å². The van der Waals surface area contributed by atoms with Crippen molar-refractivity contribution in [1.82, 2.24) is 9.97 Å². The van der Waals surface area contributed by atoms with Crippen LogP contribution in [0.5, 0.6) is 11.6 Å². The predicted octanol–water partition coefficient (Wildman–Crippen LogP) is 4.53. The molecule has 0 bridgehead atoms. The average Bonchev–Trinajstić information content (AvgIpc) is 2.86. The van der Waals surface area contributed by atoms with Crippen molar-refractivity contribution >= 4 is 43.4 Å². The Balaban J connectivity index is 2.06. The van der Waals surface area contributed by atoms with Crippen LogP contribution < -0.4 is 10.5 Å². The summed E-state index contributed by atoms with van der Waals surface area (Å²) in [6.45, 7) is 2.07. The van der Waals surface area contributed by atoms with E-state index < -0.39 is 0 Å². The summed E-state index contributed by atoms with van der Waals surface area (Å²) >= 11 is 4.69. The van der Waals surface area contributed by atoms with E-state index in [1.54, 1.807) is 17.4 Å². The maximum absolute atomic E-state index is 13.3. The SMILES string of the molecule is CCc1cc2c(Oc3ccc(F)c(Br)c3)nc(N)nc2s1. The summed E-state index contributed by atoms with van der Waals surface area (Å²) in [4.78, 5) is 10.3. The van der Waals surface area contributed by atoms with Crippen LogP contribution in [0, 0.1) is 5.82 Å². The van der Waals surface area contributed by atoms with Crippen LogP contribution in [0.4, 0.5) is 10.3 Å². The van der Waals surface area contributed by atoms with E-state index in [0.29, 0.717) is 16.1 Å². The van der Waals surface area contributed by atoms with Gasteiger partial charge in [-0.05, 0) is 46.6 Å². The Morgan fingerprint density at radius 2 is 2.14 bits per heavy atom. The van der Waals surface area contributed by atoms with Crippen molar-refractivity contribution in [2.75, 3.05) is 5.73 Å². The van der Waals surface area contributed by atoms with E-state index in [0.717, 1.165) is 16.6 Å². The molecule has 0 atom stereocenters. The fraction of sp³-hybridized carbons (Fsp3) is 0.143. The fourth-order valence-electron chi connectivity index (χ4n) is 1.86. The van der Waals surface area contributed by atoms with E-state index in [1.165, 1.54) is 17.0 Å². The maximum atomic E-state index is 13.3. The highest BCUT2D eigenvalue weighted by Gasteiger charge is 2.13. The molecule has 0 aliphatic heterocycles. The molecule has 108 valence electrons. The van der Waals surface area contributed by atoms with Crippen LogP contribution in [-0.4, -0.2) is 9.97 Å². The van der Waals surface area contributed by atoms with Gasteiger partial charge >= 0.3 is 0 Å². The Morgan fingerprint density at radius 1 is 1.33 bits per heavy atom. The molecule has 21 heavy (non-hydrogen) atoms.